The van der Waals surface area contributed by atoms with Crippen LogP contribution in [0.25, 0.3) is 66.7 Å². The zero-order chi connectivity index (χ0) is 35.1. The van der Waals surface area contributed by atoms with Crippen molar-refractivity contribution >= 4 is 49.9 Å². The van der Waals surface area contributed by atoms with Crippen LogP contribution in [0.4, 0.5) is 17.1 Å². The molecule has 2 heterocycles. The molecule has 8 aromatic carbocycles. The summed E-state index contributed by atoms with van der Waals surface area (Å²) in [5.74, 6) is 0.929. The second-order valence-electron chi connectivity index (χ2n) is 13.3. The Kier molecular flexibility index (Phi) is 7.43. The third-order valence-corrected chi connectivity index (χ3v) is 10.1. The fourth-order valence-corrected chi connectivity index (χ4v) is 7.74. The number of nitrogens with zero attached hydrogens (tertiary/aromatic N) is 4. The van der Waals surface area contributed by atoms with Crippen LogP contribution in [0, 0.1) is 0 Å². The normalized spacial score (nSPS) is 11.4. The first kappa shape index (κ1) is 30.6. The van der Waals surface area contributed by atoms with Crippen LogP contribution >= 0.6 is 0 Å². The SMILES string of the molecule is c1ccc(-c2cccc(N(c3ccccc3)c3cccc4c3c3ccccc3n4-c3ccc(-n4c(-c5ccccc5)nc5ccccc54)cc3)c2)cc1. The lowest BCUT2D eigenvalue weighted by Crippen LogP contribution is -2.10. The van der Waals surface area contributed by atoms with Gasteiger partial charge in [-0.1, -0.05) is 127 Å². The van der Waals surface area contributed by atoms with Crippen molar-refractivity contribution in [2.24, 2.45) is 0 Å². The van der Waals surface area contributed by atoms with Gasteiger partial charge in [0.05, 0.1) is 27.8 Å². The van der Waals surface area contributed by atoms with Crippen molar-refractivity contribution in [3.63, 3.8) is 0 Å². The van der Waals surface area contributed by atoms with Crippen LogP contribution in [0.5, 0.6) is 0 Å². The highest BCUT2D eigenvalue weighted by Crippen LogP contribution is 2.44. The monoisotopic (exact) mass is 678 g/mol. The molecule has 0 fully saturated rings. The molecule has 0 aliphatic rings. The maximum atomic E-state index is 5.07. The Hall–Kier alpha value is -7.17. The van der Waals surface area contributed by atoms with E-state index in [9.17, 15) is 0 Å². The minimum atomic E-state index is 0.929. The van der Waals surface area contributed by atoms with E-state index in [1.54, 1.807) is 0 Å². The summed E-state index contributed by atoms with van der Waals surface area (Å²) in [6, 6.07) is 73.2. The quantitative estimate of drug-likeness (QED) is 0.168. The minimum absolute atomic E-state index is 0.929. The largest absolute Gasteiger partial charge is 0.310 e. The summed E-state index contributed by atoms with van der Waals surface area (Å²) in [5, 5.41) is 2.41. The van der Waals surface area contributed by atoms with Crippen molar-refractivity contribution in [3.8, 4) is 33.9 Å². The molecule has 0 saturated carbocycles. The summed E-state index contributed by atoms with van der Waals surface area (Å²) in [4.78, 5) is 7.46. The number of benzene rings is 8. The number of rotatable bonds is 7. The zero-order valence-corrected chi connectivity index (χ0v) is 28.9. The smallest absolute Gasteiger partial charge is 0.145 e. The van der Waals surface area contributed by atoms with Crippen molar-refractivity contribution in [1.82, 2.24) is 14.1 Å². The van der Waals surface area contributed by atoms with Gasteiger partial charge in [0, 0.05) is 39.1 Å². The molecule has 0 spiro atoms. The van der Waals surface area contributed by atoms with E-state index in [1.807, 2.05) is 12.1 Å². The summed E-state index contributed by atoms with van der Waals surface area (Å²) < 4.78 is 4.66. The predicted molar refractivity (Wildman–Crippen MR) is 221 cm³/mol. The lowest BCUT2D eigenvalue weighted by molar-refractivity contribution is 1.09. The van der Waals surface area contributed by atoms with E-state index in [-0.39, 0.29) is 0 Å². The highest BCUT2D eigenvalue weighted by molar-refractivity contribution is 6.16. The maximum Gasteiger partial charge on any atom is 0.145 e. The summed E-state index contributed by atoms with van der Waals surface area (Å²) in [6.45, 7) is 0. The molecule has 0 unspecified atom stereocenters. The lowest BCUT2D eigenvalue weighted by atomic mass is 10.0. The minimum Gasteiger partial charge on any atom is -0.310 e. The molecule has 0 aliphatic heterocycles. The Morgan fingerprint density at radius 3 is 1.68 bits per heavy atom. The van der Waals surface area contributed by atoms with Crippen LogP contribution in [-0.4, -0.2) is 14.1 Å². The Morgan fingerprint density at radius 1 is 0.377 bits per heavy atom. The highest BCUT2D eigenvalue weighted by atomic mass is 15.1. The van der Waals surface area contributed by atoms with Gasteiger partial charge in [0.15, 0.2) is 0 Å². The Labute approximate surface area is 308 Å². The molecule has 0 aliphatic carbocycles. The highest BCUT2D eigenvalue weighted by Gasteiger charge is 2.21. The van der Waals surface area contributed by atoms with E-state index in [0.29, 0.717) is 0 Å². The molecule has 0 amide bonds. The Bertz CT molecular complexity index is 2870. The number of hydrogen-bond donors (Lipinski definition) is 0. The van der Waals surface area contributed by atoms with E-state index < -0.39 is 0 Å². The van der Waals surface area contributed by atoms with E-state index in [0.717, 1.165) is 61.9 Å². The standard InChI is InChI=1S/C49H34N4/c1-4-16-35(17-5-1)37-20-14-23-41(34-37)51(38-21-8-3-9-22-38)46-28-15-29-47-48(46)42-24-10-12-26-44(42)52(47)39-30-32-40(33-31-39)53-45-27-13-11-25-43(45)50-49(53)36-18-6-2-7-19-36/h1-34H. The number of anilines is 3. The van der Waals surface area contributed by atoms with Gasteiger partial charge in [-0.25, -0.2) is 4.98 Å². The molecule has 0 atom stereocenters. The zero-order valence-electron chi connectivity index (χ0n) is 28.9. The number of hydrogen-bond acceptors (Lipinski definition) is 2. The van der Waals surface area contributed by atoms with Crippen molar-refractivity contribution in [1.29, 1.82) is 0 Å². The molecule has 4 heteroatoms. The van der Waals surface area contributed by atoms with E-state index >= 15 is 0 Å². The van der Waals surface area contributed by atoms with E-state index in [1.165, 1.54) is 21.9 Å². The van der Waals surface area contributed by atoms with Gasteiger partial charge in [-0.05, 0) is 90.0 Å². The molecular weight excluding hydrogens is 645 g/mol. The molecule has 10 rings (SSSR count). The van der Waals surface area contributed by atoms with Gasteiger partial charge in [0.25, 0.3) is 0 Å². The molecule has 0 saturated heterocycles. The lowest BCUT2D eigenvalue weighted by Gasteiger charge is -2.27. The summed E-state index contributed by atoms with van der Waals surface area (Å²) in [5.41, 5.74) is 13.3. The molecular formula is C49H34N4. The molecule has 0 radical (unpaired) electrons. The van der Waals surface area contributed by atoms with Crippen molar-refractivity contribution in [2.45, 2.75) is 0 Å². The van der Waals surface area contributed by atoms with Crippen LogP contribution in [-0.2, 0) is 0 Å². The third kappa shape index (κ3) is 5.28. The fourth-order valence-electron chi connectivity index (χ4n) is 7.74. The van der Waals surface area contributed by atoms with Crippen molar-refractivity contribution < 1.29 is 0 Å². The maximum absolute atomic E-state index is 5.07. The topological polar surface area (TPSA) is 26.0 Å². The van der Waals surface area contributed by atoms with Crippen LogP contribution in [0.2, 0.25) is 0 Å². The molecule has 0 bridgehead atoms. The van der Waals surface area contributed by atoms with Crippen LogP contribution < -0.4 is 4.90 Å². The molecule has 4 nitrogen and oxygen atoms in total. The van der Waals surface area contributed by atoms with E-state index in [2.05, 4.69) is 208 Å². The van der Waals surface area contributed by atoms with E-state index in [4.69, 9.17) is 4.98 Å². The van der Waals surface area contributed by atoms with Gasteiger partial charge in [-0.15, -0.1) is 0 Å². The third-order valence-electron chi connectivity index (χ3n) is 10.1. The van der Waals surface area contributed by atoms with Crippen LogP contribution in [0.3, 0.4) is 0 Å². The molecule has 2 aromatic heterocycles. The second kappa shape index (κ2) is 12.9. The van der Waals surface area contributed by atoms with Gasteiger partial charge in [-0.2, -0.15) is 0 Å². The van der Waals surface area contributed by atoms with Gasteiger partial charge >= 0.3 is 0 Å². The first-order valence-corrected chi connectivity index (χ1v) is 18.0. The van der Waals surface area contributed by atoms with Crippen molar-refractivity contribution in [3.05, 3.63) is 206 Å². The van der Waals surface area contributed by atoms with Gasteiger partial charge in [0.1, 0.15) is 5.82 Å². The van der Waals surface area contributed by atoms with Gasteiger partial charge in [-0.3, -0.25) is 4.57 Å². The average molecular weight is 679 g/mol. The number of para-hydroxylation sites is 4. The molecule has 0 N–H and O–H groups in total. The first-order chi connectivity index (χ1) is 26.3. The average Bonchev–Trinajstić information content (AvgIpc) is 3.79. The molecule has 10 aromatic rings. The first-order valence-electron chi connectivity index (χ1n) is 18.0. The summed E-state index contributed by atoms with van der Waals surface area (Å²) >= 11 is 0. The van der Waals surface area contributed by atoms with Gasteiger partial charge in [0.2, 0.25) is 0 Å². The summed E-state index contributed by atoms with van der Waals surface area (Å²) in [7, 11) is 0. The number of fused-ring (bicyclic) bond motifs is 4. The van der Waals surface area contributed by atoms with Crippen LogP contribution in [0.15, 0.2) is 206 Å². The molecule has 53 heavy (non-hydrogen) atoms. The van der Waals surface area contributed by atoms with Crippen molar-refractivity contribution in [2.75, 3.05) is 4.90 Å². The fraction of sp³-hybridized carbons (Fsp3) is 0. The predicted octanol–water partition coefficient (Wildman–Crippen LogP) is 12.9. The number of aromatic nitrogens is 3. The van der Waals surface area contributed by atoms with Gasteiger partial charge < -0.3 is 9.47 Å². The number of imidazole rings is 1. The second-order valence-corrected chi connectivity index (χ2v) is 13.3. The Balaban J connectivity index is 1.15. The van der Waals surface area contributed by atoms with Crippen LogP contribution in [0.1, 0.15) is 0 Å². The molecule has 250 valence electrons. The Morgan fingerprint density at radius 2 is 0.925 bits per heavy atom. The summed E-state index contributed by atoms with van der Waals surface area (Å²) in [6.07, 6.45) is 0.